The predicted octanol–water partition coefficient (Wildman–Crippen LogP) is 5.04. The maximum Gasteiger partial charge on any atom is 0.0715 e. The summed E-state index contributed by atoms with van der Waals surface area (Å²) in [5.41, 5.74) is 2.59. The predicted molar refractivity (Wildman–Crippen MR) is 69.9 cm³/mol. The lowest BCUT2D eigenvalue weighted by Gasteiger charge is -2.26. The van der Waals surface area contributed by atoms with Crippen LogP contribution in [-0.4, -0.2) is 0 Å². The van der Waals surface area contributed by atoms with Crippen molar-refractivity contribution in [2.45, 2.75) is 44.7 Å². The van der Waals surface area contributed by atoms with Crippen LogP contribution in [0.15, 0.2) is 24.3 Å². The molecule has 1 aromatic rings. The quantitative estimate of drug-likeness (QED) is 0.647. The summed E-state index contributed by atoms with van der Waals surface area (Å²) in [5.74, 6) is 1.65. The van der Waals surface area contributed by atoms with Gasteiger partial charge in [0.2, 0.25) is 0 Å². The minimum absolute atomic E-state index is 0.465. The van der Waals surface area contributed by atoms with E-state index in [0.29, 0.717) is 6.16 Å². The first-order valence-corrected chi connectivity index (χ1v) is 7.30. The van der Waals surface area contributed by atoms with Crippen LogP contribution in [0, 0.1) is 5.92 Å². The smallest absolute Gasteiger partial charge is 0.0715 e. The Balaban J connectivity index is 1.98. The zero-order valence-corrected chi connectivity index (χ0v) is 10.9. The highest BCUT2D eigenvalue weighted by Gasteiger charge is 2.19. The molecule has 88 valence electrons. The Morgan fingerprint density at radius 3 is 2.31 bits per heavy atom. The first-order chi connectivity index (χ1) is 7.79. The molecule has 1 unspecified atom stereocenters. The molecule has 0 bridgehead atoms. The summed E-state index contributed by atoms with van der Waals surface area (Å²) in [7, 11) is -0.465. The van der Waals surface area contributed by atoms with Crippen LogP contribution in [0.2, 0.25) is 0 Å². The highest BCUT2D eigenvalue weighted by atomic mass is 31.1. The van der Waals surface area contributed by atoms with Crippen LogP contribution < -0.4 is 0 Å². The van der Waals surface area contributed by atoms with Crippen LogP contribution in [0.1, 0.15) is 49.7 Å². The lowest BCUT2D eigenvalue weighted by molar-refractivity contribution is 0.348. The van der Waals surface area contributed by atoms with Crippen LogP contribution in [0.5, 0.6) is 0 Å². The minimum Gasteiger partial charge on any atom is -0.230 e. The van der Waals surface area contributed by atoms with E-state index < -0.39 is 8.89 Å². The fourth-order valence-corrected chi connectivity index (χ4v) is 2.97. The van der Waals surface area contributed by atoms with Crippen LogP contribution in [0.3, 0.4) is 0 Å². The largest absolute Gasteiger partial charge is 0.230 e. The van der Waals surface area contributed by atoms with E-state index in [0.717, 1.165) is 17.4 Å². The van der Waals surface area contributed by atoms with E-state index in [9.17, 15) is 4.20 Å². The van der Waals surface area contributed by atoms with Gasteiger partial charge in [0, 0.05) is 6.16 Å². The van der Waals surface area contributed by atoms with Crippen molar-refractivity contribution < 1.29 is 4.20 Å². The normalized spacial score (nSPS) is 26.4. The van der Waals surface area contributed by atoms with E-state index in [-0.39, 0.29) is 0 Å². The number of rotatable bonds is 3. The highest BCUT2D eigenvalue weighted by molar-refractivity contribution is 7.30. The third-order valence-corrected chi connectivity index (χ3v) is 4.28. The van der Waals surface area contributed by atoms with Gasteiger partial charge in [-0.3, -0.25) is 0 Å². The van der Waals surface area contributed by atoms with Crippen molar-refractivity contribution in [2.75, 3.05) is 0 Å². The van der Waals surface area contributed by atoms with E-state index in [1.54, 1.807) is 0 Å². The maximum atomic E-state index is 12.2. The van der Waals surface area contributed by atoms with Crippen LogP contribution >= 0.6 is 8.89 Å². The Hall–Kier alpha value is -0.420. The summed E-state index contributed by atoms with van der Waals surface area (Å²) in [4.78, 5) is 0. The molecule has 1 atom stereocenters. The average Bonchev–Trinajstić information content (AvgIpc) is 2.32. The molecule has 16 heavy (non-hydrogen) atoms. The second kappa shape index (κ2) is 5.77. The van der Waals surface area contributed by atoms with Gasteiger partial charge in [0.1, 0.15) is 0 Å². The molecule has 0 nitrogen and oxygen atoms in total. The summed E-state index contributed by atoms with van der Waals surface area (Å²) < 4.78 is 12.2. The van der Waals surface area contributed by atoms with Crippen molar-refractivity contribution in [1.82, 2.24) is 0 Å². The molecule has 2 heteroatoms. The van der Waals surface area contributed by atoms with Gasteiger partial charge >= 0.3 is 0 Å². The lowest BCUT2D eigenvalue weighted by Crippen LogP contribution is -2.10. The Morgan fingerprint density at radius 1 is 1.12 bits per heavy atom. The molecule has 0 heterocycles. The van der Waals surface area contributed by atoms with Gasteiger partial charge in [-0.2, -0.15) is 0 Å². The first kappa shape index (κ1) is 12.0. The third kappa shape index (κ3) is 3.04. The molecule has 0 saturated heterocycles. The molecule has 0 radical (unpaired) electrons. The second-order valence-electron chi connectivity index (χ2n) is 5.01. The molecular formula is C14H20FP. The van der Waals surface area contributed by atoms with E-state index >= 15 is 0 Å². The standard InChI is InChI=1S/C14H20FP/c1-11-2-6-13(7-3-11)14-8-4-12(5-9-14)10-16-15/h4-5,8-9,11,13,16H,2-3,6-7,10H2,1H3. The molecule has 2 rings (SSSR count). The van der Waals surface area contributed by atoms with Crippen LogP contribution in [-0.2, 0) is 6.16 Å². The van der Waals surface area contributed by atoms with Gasteiger partial charge < -0.3 is 0 Å². The van der Waals surface area contributed by atoms with Gasteiger partial charge in [0.05, 0.1) is 8.89 Å². The summed E-state index contributed by atoms with van der Waals surface area (Å²) >= 11 is 0. The lowest BCUT2D eigenvalue weighted by atomic mass is 9.79. The fraction of sp³-hybridized carbons (Fsp3) is 0.571. The maximum absolute atomic E-state index is 12.2. The van der Waals surface area contributed by atoms with Crippen LogP contribution in [0.4, 0.5) is 4.20 Å². The summed E-state index contributed by atoms with van der Waals surface area (Å²) in [6.45, 7) is 2.35. The number of hydrogen-bond donors (Lipinski definition) is 0. The van der Waals surface area contributed by atoms with E-state index in [1.165, 1.54) is 31.2 Å². The second-order valence-corrected chi connectivity index (χ2v) is 5.63. The van der Waals surface area contributed by atoms with Gasteiger partial charge in [0.15, 0.2) is 0 Å². The van der Waals surface area contributed by atoms with Crippen molar-refractivity contribution in [3.8, 4) is 0 Å². The molecular weight excluding hydrogens is 218 g/mol. The number of hydrogen-bond acceptors (Lipinski definition) is 0. The molecule has 0 aromatic heterocycles. The minimum atomic E-state index is -0.465. The molecule has 0 amide bonds. The Kier molecular flexibility index (Phi) is 4.35. The topological polar surface area (TPSA) is 0 Å². The van der Waals surface area contributed by atoms with Crippen molar-refractivity contribution in [3.63, 3.8) is 0 Å². The van der Waals surface area contributed by atoms with Gasteiger partial charge in [-0.05, 0) is 35.8 Å². The number of halogens is 1. The van der Waals surface area contributed by atoms with Crippen LogP contribution in [0.25, 0.3) is 0 Å². The molecule has 1 aliphatic rings. The van der Waals surface area contributed by atoms with Gasteiger partial charge in [-0.15, -0.1) is 0 Å². The molecule has 1 aliphatic carbocycles. The van der Waals surface area contributed by atoms with E-state index in [4.69, 9.17) is 0 Å². The van der Waals surface area contributed by atoms with Gasteiger partial charge in [0.25, 0.3) is 0 Å². The van der Waals surface area contributed by atoms with Crippen molar-refractivity contribution in [3.05, 3.63) is 35.4 Å². The summed E-state index contributed by atoms with van der Waals surface area (Å²) in [6.07, 6.45) is 5.95. The monoisotopic (exact) mass is 238 g/mol. The zero-order chi connectivity index (χ0) is 11.4. The molecule has 0 spiro atoms. The molecule has 0 N–H and O–H groups in total. The highest BCUT2D eigenvalue weighted by Crippen LogP contribution is 2.35. The SMILES string of the molecule is CC1CCC(c2ccc(CPF)cc2)CC1. The van der Waals surface area contributed by atoms with Crippen molar-refractivity contribution >= 4 is 8.89 Å². The molecule has 1 fully saturated rings. The van der Waals surface area contributed by atoms with E-state index in [2.05, 4.69) is 31.2 Å². The van der Waals surface area contributed by atoms with Gasteiger partial charge in [-0.1, -0.05) is 44.0 Å². The first-order valence-electron chi connectivity index (χ1n) is 6.22. The van der Waals surface area contributed by atoms with E-state index in [1.807, 2.05) is 0 Å². The summed E-state index contributed by atoms with van der Waals surface area (Å²) in [5, 5.41) is 0. The molecule has 0 aliphatic heterocycles. The van der Waals surface area contributed by atoms with Crippen molar-refractivity contribution in [2.24, 2.45) is 5.92 Å². The Morgan fingerprint density at radius 2 is 1.75 bits per heavy atom. The zero-order valence-electron chi connectivity index (χ0n) is 9.88. The molecule has 1 aromatic carbocycles. The Labute approximate surface area is 99.5 Å². The van der Waals surface area contributed by atoms with Gasteiger partial charge in [-0.25, -0.2) is 4.20 Å². The number of benzene rings is 1. The Bertz CT molecular complexity index is 312. The average molecular weight is 238 g/mol. The summed E-state index contributed by atoms with van der Waals surface area (Å²) in [6, 6.07) is 8.60. The fourth-order valence-electron chi connectivity index (χ4n) is 2.58. The third-order valence-electron chi connectivity index (χ3n) is 3.74. The molecule has 1 saturated carbocycles. The van der Waals surface area contributed by atoms with Crippen molar-refractivity contribution in [1.29, 1.82) is 0 Å².